The molecule has 3 N–H and O–H groups in total. The fourth-order valence-electron chi connectivity index (χ4n) is 1.11. The van der Waals surface area contributed by atoms with Crippen molar-refractivity contribution in [2.45, 2.75) is 18.4 Å². The van der Waals surface area contributed by atoms with Gasteiger partial charge in [0.2, 0.25) is 0 Å². The van der Waals surface area contributed by atoms with Crippen LogP contribution < -0.4 is 11.1 Å². The molecule has 0 saturated carbocycles. The van der Waals surface area contributed by atoms with Crippen LogP contribution in [0.4, 0.5) is 0 Å². The van der Waals surface area contributed by atoms with Crippen LogP contribution in [-0.4, -0.2) is 24.5 Å². The van der Waals surface area contributed by atoms with Crippen LogP contribution in [0.15, 0.2) is 0 Å². The van der Waals surface area contributed by atoms with Crippen molar-refractivity contribution >= 4 is 11.6 Å². The van der Waals surface area contributed by atoms with E-state index in [0.29, 0.717) is 5.88 Å². The summed E-state index contributed by atoms with van der Waals surface area (Å²) in [7, 11) is 0. The van der Waals surface area contributed by atoms with E-state index in [4.69, 9.17) is 17.3 Å². The minimum Gasteiger partial charge on any atom is -0.323 e. The highest BCUT2D eigenvalue weighted by Gasteiger charge is 2.25. The number of rotatable bonds is 1. The molecule has 1 aliphatic rings. The number of halogens is 1. The van der Waals surface area contributed by atoms with Crippen molar-refractivity contribution in [1.82, 2.24) is 5.32 Å². The SMILES string of the molecule is NC1(CCl)CCCNC1. The number of piperidine rings is 1. The van der Waals surface area contributed by atoms with E-state index in [-0.39, 0.29) is 5.54 Å². The Hall–Kier alpha value is 0.210. The lowest BCUT2D eigenvalue weighted by molar-refractivity contribution is 0.346. The van der Waals surface area contributed by atoms with Crippen LogP contribution in [-0.2, 0) is 0 Å². The first kappa shape index (κ1) is 7.32. The predicted molar refractivity (Wildman–Crippen MR) is 39.7 cm³/mol. The summed E-state index contributed by atoms with van der Waals surface area (Å²) in [4.78, 5) is 0. The molecule has 0 aromatic rings. The first-order valence-corrected chi connectivity index (χ1v) is 3.86. The molecule has 1 atom stereocenters. The molecule has 1 rings (SSSR count). The molecule has 0 aromatic heterocycles. The molecule has 0 radical (unpaired) electrons. The van der Waals surface area contributed by atoms with E-state index in [9.17, 15) is 0 Å². The average molecular weight is 149 g/mol. The van der Waals surface area contributed by atoms with E-state index in [2.05, 4.69) is 5.32 Å². The molecule has 1 fully saturated rings. The number of hydrogen-bond donors (Lipinski definition) is 2. The zero-order chi connectivity index (χ0) is 6.74. The minimum absolute atomic E-state index is 0.125. The topological polar surface area (TPSA) is 38.0 Å². The molecule has 0 amide bonds. The van der Waals surface area contributed by atoms with Gasteiger partial charge in [-0.05, 0) is 19.4 Å². The number of hydrogen-bond acceptors (Lipinski definition) is 2. The first-order chi connectivity index (χ1) is 4.27. The standard InChI is InChI=1S/C6H13ClN2/c7-4-6(8)2-1-3-9-5-6/h9H,1-5,8H2. The summed E-state index contributed by atoms with van der Waals surface area (Å²) in [5, 5.41) is 3.22. The predicted octanol–water partition coefficient (Wildman–Crippen LogP) is 0.306. The van der Waals surface area contributed by atoms with Crippen molar-refractivity contribution in [2.24, 2.45) is 5.73 Å². The van der Waals surface area contributed by atoms with Crippen LogP contribution in [0.3, 0.4) is 0 Å². The lowest BCUT2D eigenvalue weighted by atomic mass is 9.94. The van der Waals surface area contributed by atoms with Gasteiger partial charge in [0, 0.05) is 18.0 Å². The monoisotopic (exact) mass is 148 g/mol. The molecule has 1 saturated heterocycles. The lowest BCUT2D eigenvalue weighted by Gasteiger charge is -2.31. The van der Waals surface area contributed by atoms with Gasteiger partial charge in [-0.15, -0.1) is 11.6 Å². The molecular formula is C6H13ClN2. The largest absolute Gasteiger partial charge is 0.323 e. The third-order valence-corrected chi connectivity index (χ3v) is 2.30. The fourth-order valence-corrected chi connectivity index (χ4v) is 1.33. The van der Waals surface area contributed by atoms with Gasteiger partial charge >= 0.3 is 0 Å². The van der Waals surface area contributed by atoms with Crippen LogP contribution in [0.25, 0.3) is 0 Å². The van der Waals surface area contributed by atoms with Gasteiger partial charge in [-0.2, -0.15) is 0 Å². The third kappa shape index (κ3) is 1.81. The summed E-state index contributed by atoms with van der Waals surface area (Å²) < 4.78 is 0. The second kappa shape index (κ2) is 2.86. The van der Waals surface area contributed by atoms with Crippen molar-refractivity contribution in [1.29, 1.82) is 0 Å². The molecule has 1 heterocycles. The molecule has 0 aliphatic carbocycles. The summed E-state index contributed by atoms with van der Waals surface area (Å²) in [5.41, 5.74) is 5.74. The van der Waals surface area contributed by atoms with Crippen molar-refractivity contribution in [3.05, 3.63) is 0 Å². The third-order valence-electron chi connectivity index (χ3n) is 1.77. The quantitative estimate of drug-likeness (QED) is 0.526. The normalized spacial score (nSPS) is 36.7. The molecular weight excluding hydrogens is 136 g/mol. The maximum Gasteiger partial charge on any atom is 0.0418 e. The van der Waals surface area contributed by atoms with Gasteiger partial charge in [0.05, 0.1) is 0 Å². The summed E-state index contributed by atoms with van der Waals surface area (Å²) >= 11 is 5.66. The second-order valence-electron chi connectivity index (χ2n) is 2.78. The number of nitrogens with two attached hydrogens (primary N) is 1. The van der Waals surface area contributed by atoms with Gasteiger partial charge in [0.15, 0.2) is 0 Å². The van der Waals surface area contributed by atoms with Crippen LogP contribution in [0, 0.1) is 0 Å². The van der Waals surface area contributed by atoms with Gasteiger partial charge in [-0.1, -0.05) is 0 Å². The Morgan fingerprint density at radius 3 is 2.78 bits per heavy atom. The summed E-state index contributed by atoms with van der Waals surface area (Å²) in [6, 6.07) is 0. The van der Waals surface area contributed by atoms with Crippen molar-refractivity contribution < 1.29 is 0 Å². The number of nitrogens with one attached hydrogen (secondary N) is 1. The van der Waals surface area contributed by atoms with Crippen LogP contribution in [0.2, 0.25) is 0 Å². The van der Waals surface area contributed by atoms with Crippen LogP contribution in [0.1, 0.15) is 12.8 Å². The highest BCUT2D eigenvalue weighted by Crippen LogP contribution is 2.13. The summed E-state index contributed by atoms with van der Waals surface area (Å²) in [5.74, 6) is 0.569. The Kier molecular flexibility index (Phi) is 2.33. The van der Waals surface area contributed by atoms with Crippen molar-refractivity contribution in [3.8, 4) is 0 Å². The first-order valence-electron chi connectivity index (χ1n) is 3.32. The van der Waals surface area contributed by atoms with Gasteiger partial charge in [0.25, 0.3) is 0 Å². The zero-order valence-corrected chi connectivity index (χ0v) is 6.25. The highest BCUT2D eigenvalue weighted by molar-refractivity contribution is 6.18. The Morgan fingerprint density at radius 1 is 1.67 bits per heavy atom. The Balaban J connectivity index is 2.37. The van der Waals surface area contributed by atoms with E-state index in [1.165, 1.54) is 0 Å². The van der Waals surface area contributed by atoms with Gasteiger partial charge in [-0.25, -0.2) is 0 Å². The molecule has 1 unspecified atom stereocenters. The Bertz CT molecular complexity index is 89.1. The molecule has 1 aliphatic heterocycles. The maximum atomic E-state index is 5.86. The zero-order valence-electron chi connectivity index (χ0n) is 5.49. The smallest absolute Gasteiger partial charge is 0.0418 e. The fraction of sp³-hybridized carbons (Fsp3) is 1.00. The van der Waals surface area contributed by atoms with E-state index < -0.39 is 0 Å². The lowest BCUT2D eigenvalue weighted by Crippen LogP contribution is -2.54. The Morgan fingerprint density at radius 2 is 2.44 bits per heavy atom. The summed E-state index contributed by atoms with van der Waals surface area (Å²) in [6.45, 7) is 1.96. The average Bonchev–Trinajstić information content (AvgIpc) is 1.90. The number of alkyl halides is 1. The van der Waals surface area contributed by atoms with E-state index in [0.717, 1.165) is 25.9 Å². The van der Waals surface area contributed by atoms with E-state index in [1.807, 2.05) is 0 Å². The molecule has 0 spiro atoms. The molecule has 2 nitrogen and oxygen atoms in total. The van der Waals surface area contributed by atoms with Gasteiger partial charge < -0.3 is 11.1 Å². The van der Waals surface area contributed by atoms with Crippen molar-refractivity contribution in [2.75, 3.05) is 19.0 Å². The van der Waals surface area contributed by atoms with Gasteiger partial charge in [0.1, 0.15) is 0 Å². The highest BCUT2D eigenvalue weighted by atomic mass is 35.5. The summed E-state index contributed by atoms with van der Waals surface area (Å²) in [6.07, 6.45) is 2.22. The molecule has 54 valence electrons. The molecule has 0 bridgehead atoms. The van der Waals surface area contributed by atoms with E-state index >= 15 is 0 Å². The molecule has 0 aromatic carbocycles. The van der Waals surface area contributed by atoms with Gasteiger partial charge in [-0.3, -0.25) is 0 Å². The molecule has 9 heavy (non-hydrogen) atoms. The Labute approximate surface area is 60.8 Å². The van der Waals surface area contributed by atoms with Crippen LogP contribution in [0.5, 0.6) is 0 Å². The second-order valence-corrected chi connectivity index (χ2v) is 3.04. The van der Waals surface area contributed by atoms with Crippen molar-refractivity contribution in [3.63, 3.8) is 0 Å². The molecule has 3 heteroatoms. The maximum absolute atomic E-state index is 5.86. The van der Waals surface area contributed by atoms with E-state index in [1.54, 1.807) is 0 Å². The van der Waals surface area contributed by atoms with Crippen LogP contribution >= 0.6 is 11.6 Å². The minimum atomic E-state index is -0.125.